The maximum Gasteiger partial charge on any atom is 0.270 e. The Hall–Kier alpha value is -3.33. The molecule has 2 aromatic carbocycles. The van der Waals surface area contributed by atoms with Gasteiger partial charge in [-0.25, -0.2) is 9.97 Å². The van der Waals surface area contributed by atoms with Crippen LogP contribution in [0, 0.1) is 0 Å². The monoisotopic (exact) mass is 428 g/mol. The van der Waals surface area contributed by atoms with Gasteiger partial charge in [0.2, 0.25) is 0 Å². The highest BCUT2D eigenvalue weighted by Crippen LogP contribution is 2.27. The summed E-state index contributed by atoms with van der Waals surface area (Å²) in [4.78, 5) is 20.5. The fourth-order valence-electron chi connectivity index (χ4n) is 2.26. The second-order valence-corrected chi connectivity index (χ2v) is 6.25. The number of amides is 1. The number of ether oxygens (including phenoxy) is 1. The Labute approximate surface area is 164 Å². The van der Waals surface area contributed by atoms with Gasteiger partial charge >= 0.3 is 0 Å². The summed E-state index contributed by atoms with van der Waals surface area (Å²) < 4.78 is 5.88. The summed E-state index contributed by atoms with van der Waals surface area (Å²) in [6.07, 6.45) is 1.34. The maximum absolute atomic E-state index is 12.3. The van der Waals surface area contributed by atoms with Crippen LogP contribution in [0.15, 0.2) is 59.3 Å². The number of carbonyl (C=O) groups excluding carboxylic acids is 1. The van der Waals surface area contributed by atoms with E-state index in [0.717, 1.165) is 5.69 Å². The number of rotatable bonds is 6. The first-order chi connectivity index (χ1) is 13.1. The van der Waals surface area contributed by atoms with E-state index < -0.39 is 0 Å². The van der Waals surface area contributed by atoms with Crippen LogP contribution >= 0.6 is 15.9 Å². The molecule has 0 aliphatic heterocycles. The van der Waals surface area contributed by atoms with Crippen molar-refractivity contribution < 1.29 is 9.53 Å². The Morgan fingerprint density at radius 1 is 1.11 bits per heavy atom. The molecule has 0 saturated carbocycles. The number of halogens is 1. The van der Waals surface area contributed by atoms with Gasteiger partial charge in [-0.1, -0.05) is 18.2 Å². The third kappa shape index (κ3) is 4.45. The summed E-state index contributed by atoms with van der Waals surface area (Å²) in [7, 11) is 1.59. The van der Waals surface area contributed by atoms with Crippen LogP contribution in [0.25, 0.3) is 0 Å². The van der Waals surface area contributed by atoms with Crippen molar-refractivity contribution in [2.75, 3.05) is 23.6 Å². The first-order valence-electron chi connectivity index (χ1n) is 7.91. The lowest BCUT2D eigenvalue weighted by Gasteiger charge is -2.14. The van der Waals surface area contributed by atoms with Crippen LogP contribution in [-0.2, 0) is 0 Å². The van der Waals surface area contributed by atoms with Gasteiger partial charge in [0.1, 0.15) is 17.8 Å². The van der Waals surface area contributed by atoms with Gasteiger partial charge in [-0.3, -0.25) is 15.6 Å². The van der Waals surface area contributed by atoms with Crippen molar-refractivity contribution in [3.63, 3.8) is 0 Å². The van der Waals surface area contributed by atoms with Gasteiger partial charge in [-0.05, 0) is 40.2 Å². The molecule has 3 aromatic rings. The lowest BCUT2D eigenvalue weighted by Crippen LogP contribution is -2.30. The molecule has 0 aliphatic rings. The second kappa shape index (κ2) is 8.37. The number of aromatic nitrogens is 2. The van der Waals surface area contributed by atoms with Crippen molar-refractivity contribution in [3.05, 3.63) is 64.9 Å². The summed E-state index contributed by atoms with van der Waals surface area (Å²) >= 11 is 3.34. The predicted molar refractivity (Wildman–Crippen MR) is 108 cm³/mol. The summed E-state index contributed by atoms with van der Waals surface area (Å²) in [5.74, 6) is 1.04. The van der Waals surface area contributed by atoms with Gasteiger partial charge < -0.3 is 15.8 Å². The lowest BCUT2D eigenvalue weighted by atomic mass is 10.2. The van der Waals surface area contributed by atoms with Crippen LogP contribution in [0.4, 0.5) is 23.0 Å². The molecule has 27 heavy (non-hydrogen) atoms. The number of nitrogens with zero attached hydrogens (tertiary/aromatic N) is 2. The highest BCUT2D eigenvalue weighted by molar-refractivity contribution is 9.10. The number of methoxy groups -OCH3 is 1. The van der Waals surface area contributed by atoms with Gasteiger partial charge in [0.15, 0.2) is 11.6 Å². The van der Waals surface area contributed by atoms with Crippen LogP contribution in [0.1, 0.15) is 10.4 Å². The van der Waals surface area contributed by atoms with Gasteiger partial charge in [0.05, 0.1) is 12.7 Å². The van der Waals surface area contributed by atoms with Crippen LogP contribution in [0.3, 0.4) is 0 Å². The fourth-order valence-corrected chi connectivity index (χ4v) is 2.73. The quantitative estimate of drug-likeness (QED) is 0.445. The van der Waals surface area contributed by atoms with Crippen LogP contribution < -0.4 is 26.6 Å². The predicted octanol–water partition coefficient (Wildman–Crippen LogP) is 3.33. The molecule has 1 heterocycles. The molecular formula is C18H17BrN6O2. The number of nitrogens with one attached hydrogen (secondary N) is 3. The highest BCUT2D eigenvalue weighted by Gasteiger charge is 2.12. The van der Waals surface area contributed by atoms with E-state index in [1.807, 2.05) is 30.3 Å². The summed E-state index contributed by atoms with van der Waals surface area (Å²) in [5.41, 5.74) is 12.9. The van der Waals surface area contributed by atoms with E-state index in [2.05, 4.69) is 42.1 Å². The zero-order chi connectivity index (χ0) is 19.2. The molecule has 0 unspecified atom stereocenters. The van der Waals surface area contributed by atoms with Crippen molar-refractivity contribution in [1.82, 2.24) is 15.4 Å². The molecule has 0 fully saturated rings. The maximum atomic E-state index is 12.3. The average molecular weight is 429 g/mol. The third-order valence-electron chi connectivity index (χ3n) is 3.63. The molecule has 5 N–H and O–H groups in total. The van der Waals surface area contributed by atoms with E-state index in [9.17, 15) is 4.79 Å². The molecule has 0 radical (unpaired) electrons. The largest absolute Gasteiger partial charge is 0.497 e. The van der Waals surface area contributed by atoms with Gasteiger partial charge in [-0.15, -0.1) is 0 Å². The molecule has 1 aromatic heterocycles. The van der Waals surface area contributed by atoms with E-state index in [4.69, 9.17) is 10.5 Å². The molecule has 9 heteroatoms. The Morgan fingerprint density at radius 2 is 1.89 bits per heavy atom. The number of benzene rings is 2. The molecule has 0 saturated heterocycles. The zero-order valence-electron chi connectivity index (χ0n) is 14.4. The summed E-state index contributed by atoms with van der Waals surface area (Å²) in [5, 5.41) is 3.10. The molecule has 1 amide bonds. The van der Waals surface area contributed by atoms with Crippen molar-refractivity contribution in [2.45, 2.75) is 0 Å². The first kappa shape index (κ1) is 18.5. The SMILES string of the molecule is COc1cccc(Nc2ncnc(NNC(=O)c3ccccc3Br)c2N)c1. The normalized spacial score (nSPS) is 10.1. The standard InChI is InChI=1S/C18H17BrN6O2/c1-27-12-6-4-5-11(9-12)23-16-15(20)17(22-10-21-16)24-25-18(26)13-7-2-3-8-14(13)19/h2-10H,20H2,1H3,(H,25,26)(H2,21,22,23,24). The molecule has 0 spiro atoms. The number of carbonyl (C=O) groups is 1. The Kier molecular flexibility index (Phi) is 5.72. The third-order valence-corrected chi connectivity index (χ3v) is 4.32. The van der Waals surface area contributed by atoms with E-state index in [0.29, 0.717) is 21.6 Å². The van der Waals surface area contributed by atoms with Gasteiger partial charge in [0, 0.05) is 16.2 Å². The van der Waals surface area contributed by atoms with E-state index in [1.165, 1.54) is 6.33 Å². The Morgan fingerprint density at radius 3 is 2.67 bits per heavy atom. The van der Waals surface area contributed by atoms with E-state index in [-0.39, 0.29) is 17.4 Å². The topological polar surface area (TPSA) is 114 Å². The number of hydrazine groups is 1. The molecular weight excluding hydrogens is 412 g/mol. The smallest absolute Gasteiger partial charge is 0.270 e. The van der Waals surface area contributed by atoms with Crippen molar-refractivity contribution in [2.24, 2.45) is 0 Å². The Balaban J connectivity index is 1.73. The van der Waals surface area contributed by atoms with Crippen molar-refractivity contribution in [3.8, 4) is 5.75 Å². The summed E-state index contributed by atoms with van der Waals surface area (Å²) in [6.45, 7) is 0. The van der Waals surface area contributed by atoms with Crippen LogP contribution in [0.5, 0.6) is 5.75 Å². The molecule has 8 nitrogen and oxygen atoms in total. The minimum Gasteiger partial charge on any atom is -0.497 e. The number of hydrogen-bond acceptors (Lipinski definition) is 7. The number of hydrogen-bond donors (Lipinski definition) is 4. The molecule has 0 atom stereocenters. The van der Waals surface area contributed by atoms with Crippen molar-refractivity contribution in [1.29, 1.82) is 0 Å². The highest BCUT2D eigenvalue weighted by atomic mass is 79.9. The lowest BCUT2D eigenvalue weighted by molar-refractivity contribution is 0.0961. The fraction of sp³-hybridized carbons (Fsp3) is 0.0556. The minimum absolute atomic E-state index is 0.257. The summed E-state index contributed by atoms with van der Waals surface area (Å²) in [6, 6.07) is 14.4. The molecule has 0 bridgehead atoms. The van der Waals surface area contributed by atoms with E-state index in [1.54, 1.807) is 25.3 Å². The average Bonchev–Trinajstić information content (AvgIpc) is 2.69. The molecule has 0 aliphatic carbocycles. The number of nitrogens with two attached hydrogens (primary N) is 1. The number of anilines is 4. The molecule has 138 valence electrons. The first-order valence-corrected chi connectivity index (χ1v) is 8.70. The Bertz CT molecular complexity index is 966. The minimum atomic E-state index is -0.331. The van der Waals surface area contributed by atoms with Crippen LogP contribution in [-0.4, -0.2) is 23.0 Å². The van der Waals surface area contributed by atoms with Crippen LogP contribution in [0.2, 0.25) is 0 Å². The van der Waals surface area contributed by atoms with E-state index >= 15 is 0 Å². The van der Waals surface area contributed by atoms with Crippen molar-refractivity contribution >= 4 is 44.8 Å². The zero-order valence-corrected chi connectivity index (χ0v) is 15.9. The molecule has 3 rings (SSSR count). The van der Waals surface area contributed by atoms with Gasteiger partial charge in [0.25, 0.3) is 5.91 Å². The van der Waals surface area contributed by atoms with Gasteiger partial charge in [-0.2, -0.15) is 0 Å². The number of nitrogen functional groups attached to an aromatic ring is 1. The second-order valence-electron chi connectivity index (χ2n) is 5.40.